The van der Waals surface area contributed by atoms with Crippen LogP contribution in [0.4, 0.5) is 0 Å². The second-order valence-electron chi connectivity index (χ2n) is 7.18. The maximum absolute atomic E-state index is 11.0. The van der Waals surface area contributed by atoms with Crippen molar-refractivity contribution in [2.24, 2.45) is 5.41 Å². The quantitative estimate of drug-likeness (QED) is 0.117. The van der Waals surface area contributed by atoms with Crippen molar-refractivity contribution < 1.29 is 60.8 Å². The van der Waals surface area contributed by atoms with Crippen molar-refractivity contribution in [2.75, 3.05) is 48.2 Å². The Balaban J connectivity index is -0.000000354. The van der Waals surface area contributed by atoms with Crippen LogP contribution in [-0.4, -0.2) is 76.8 Å². The first-order chi connectivity index (χ1) is 14.8. The number of epoxide rings is 1. The van der Waals surface area contributed by atoms with E-state index in [-0.39, 0.29) is 44.8 Å². The topological polar surface area (TPSA) is 104 Å². The van der Waals surface area contributed by atoms with Gasteiger partial charge in [0.25, 0.3) is 11.8 Å². The fourth-order valence-electron chi connectivity index (χ4n) is 1.87. The van der Waals surface area contributed by atoms with E-state index < -0.39 is 0 Å². The summed E-state index contributed by atoms with van der Waals surface area (Å²) in [5.41, 5.74) is 1.45. The molecule has 0 saturated carbocycles. The molecule has 1 unspecified atom stereocenters. The van der Waals surface area contributed by atoms with Crippen molar-refractivity contribution in [1.29, 1.82) is 0 Å². The molecule has 0 aromatic carbocycles. The number of methoxy groups -OCH3 is 1. The van der Waals surface area contributed by atoms with Crippen molar-refractivity contribution >= 4 is 17.6 Å². The van der Waals surface area contributed by atoms with Crippen molar-refractivity contribution in [3.05, 3.63) is 30.4 Å². The maximum Gasteiger partial charge on any atom is 0.256 e. The molecule has 186 valence electrons. The van der Waals surface area contributed by atoms with Crippen LogP contribution in [0, 0.1) is 12.0 Å². The van der Waals surface area contributed by atoms with Gasteiger partial charge in [-0.25, -0.2) is 9.78 Å². The molecule has 0 spiro atoms. The van der Waals surface area contributed by atoms with Crippen molar-refractivity contribution in [3.8, 4) is 0 Å². The molecule has 3 rings (SSSR count). The van der Waals surface area contributed by atoms with Gasteiger partial charge in [-0.3, -0.25) is 19.3 Å². The van der Waals surface area contributed by atoms with E-state index in [1.807, 2.05) is 6.92 Å². The molecule has 0 bridgehead atoms. The Morgan fingerprint density at radius 1 is 1.25 bits per heavy atom. The molecule has 9 nitrogen and oxygen atoms in total. The molecule has 0 N–H and O–H groups in total. The molecule has 2 saturated heterocycles. The normalized spacial score (nSPS) is 20.2. The van der Waals surface area contributed by atoms with E-state index in [4.69, 9.17) is 10.8 Å². The molecule has 0 aromatic rings. The minimum absolute atomic E-state index is 0. The zero-order chi connectivity index (χ0) is 25.5. The number of nitrogens with zero attached hydrogens (tertiary/aromatic N) is 1. The summed E-state index contributed by atoms with van der Waals surface area (Å²) < 4.78 is 21.1. The summed E-state index contributed by atoms with van der Waals surface area (Å²) >= 11 is 0. The van der Waals surface area contributed by atoms with Gasteiger partial charge in [0.2, 0.25) is 0 Å². The molecular formula is C22H38NO8W-. The molecule has 2 fully saturated rings. The van der Waals surface area contributed by atoms with Crippen LogP contribution in [0.25, 0.3) is 0 Å². The predicted molar refractivity (Wildman–Crippen MR) is 117 cm³/mol. The fourth-order valence-corrected chi connectivity index (χ4v) is 1.87. The van der Waals surface area contributed by atoms with Gasteiger partial charge < -0.3 is 14.2 Å². The smallest absolute Gasteiger partial charge is 0.256 e. The van der Waals surface area contributed by atoms with E-state index >= 15 is 0 Å². The summed E-state index contributed by atoms with van der Waals surface area (Å²) in [6, 6.07) is 0. The molecule has 1 atom stereocenters. The number of ether oxygens (including phenoxy) is 3. The van der Waals surface area contributed by atoms with Gasteiger partial charge in [0.1, 0.15) is 0 Å². The van der Waals surface area contributed by atoms with E-state index in [2.05, 4.69) is 28.0 Å². The number of rotatable bonds is 4. The molecule has 0 aromatic heterocycles. The van der Waals surface area contributed by atoms with Gasteiger partial charge in [-0.2, -0.15) is 7.95 Å². The number of hydrogen-bond acceptors (Lipinski definition) is 8. The molecule has 3 aliphatic heterocycles. The van der Waals surface area contributed by atoms with Crippen LogP contribution in [0.1, 0.15) is 36.0 Å². The molecular weight excluding hydrogens is 590 g/mol. The summed E-state index contributed by atoms with van der Waals surface area (Å²) in [5, 5.41) is 0. The second-order valence-corrected chi connectivity index (χ2v) is 7.18. The van der Waals surface area contributed by atoms with E-state index in [1.165, 1.54) is 34.3 Å². The van der Waals surface area contributed by atoms with Gasteiger partial charge in [0.05, 0.1) is 34.0 Å². The zero-order valence-corrected chi connectivity index (χ0v) is 23.5. The SMILES string of the molecule is C=CC(C)=O.CC1=C(C)C(=O)N(C)C1=O.COCC1(C)COC1.COOC.[2H][C-]1OC1C.[W]. The monoisotopic (exact) mass is 629 g/mol. The largest absolute Gasteiger partial charge is 0.570 e. The third-order valence-corrected chi connectivity index (χ3v) is 4.01. The number of allylic oxidation sites excluding steroid dienone is 1. The number of ketones is 1. The first-order valence-electron chi connectivity index (χ1n) is 10.1. The number of carbonyl (C=O) groups excluding carboxylic acids is 3. The van der Waals surface area contributed by atoms with Crippen LogP contribution < -0.4 is 0 Å². The van der Waals surface area contributed by atoms with E-state index in [1.54, 1.807) is 21.0 Å². The number of imide groups is 1. The minimum atomic E-state index is -0.178. The number of hydrogen-bond donors (Lipinski definition) is 0. The third kappa shape index (κ3) is 16.4. The molecule has 2 amide bonds. The molecule has 10 heteroatoms. The van der Waals surface area contributed by atoms with Gasteiger partial charge in [-0.1, -0.05) is 26.5 Å². The molecule has 0 radical (unpaired) electrons. The molecule has 3 heterocycles. The zero-order valence-electron chi connectivity index (χ0n) is 21.6. The van der Waals surface area contributed by atoms with E-state index in [0.717, 1.165) is 24.7 Å². The van der Waals surface area contributed by atoms with Gasteiger partial charge in [-0.05, 0) is 26.8 Å². The van der Waals surface area contributed by atoms with Gasteiger partial charge >= 0.3 is 0 Å². The Kier molecular flexibility index (Phi) is 19.8. The first kappa shape index (κ1) is 33.0. The first-order valence-corrected chi connectivity index (χ1v) is 9.58. The van der Waals surface area contributed by atoms with Gasteiger partial charge in [0.15, 0.2) is 5.78 Å². The Bertz CT molecular complexity index is 620. The molecule has 32 heavy (non-hydrogen) atoms. The number of carbonyl (C=O) groups is 3. The van der Waals surface area contributed by atoms with Crippen molar-refractivity contribution in [1.82, 2.24) is 4.90 Å². The molecule has 0 aliphatic carbocycles. The third-order valence-electron chi connectivity index (χ3n) is 4.01. The number of amides is 2. The van der Waals surface area contributed by atoms with Gasteiger partial charge in [-0.15, -0.1) is 0 Å². The van der Waals surface area contributed by atoms with Crippen LogP contribution in [0.15, 0.2) is 23.8 Å². The van der Waals surface area contributed by atoms with E-state index in [0.29, 0.717) is 23.1 Å². The van der Waals surface area contributed by atoms with Crippen LogP contribution in [0.2, 0.25) is 0 Å². The summed E-state index contributed by atoms with van der Waals surface area (Å²) in [4.78, 5) is 40.9. The number of likely N-dealkylation sites (N-methyl/N-ethyl adjacent to an activating group) is 1. The van der Waals surface area contributed by atoms with E-state index in [9.17, 15) is 14.4 Å². The Morgan fingerprint density at radius 2 is 1.59 bits per heavy atom. The standard InChI is InChI=1S/C7H9NO2.C6H12O2.C4H6O.C3H5O.C2H6O2.W/c1-4-5(2)7(10)8(3)6(4)9;1-6(3-7-2)4-8-5-6;1-3-4(2)5;1-3-2-4-3;1-3-4-2;/h1-3H3;3-5H2,1-2H3;3H,1H2,2H3;2-3H,1H3;1-2H3;/q;;;-1;;/i;;;2D;;. The van der Waals surface area contributed by atoms with Gasteiger partial charge in [0, 0.05) is 51.8 Å². The predicted octanol–water partition coefficient (Wildman–Crippen LogP) is 2.51. The Morgan fingerprint density at radius 3 is 1.66 bits per heavy atom. The minimum Gasteiger partial charge on any atom is -0.570 e. The van der Waals surface area contributed by atoms with Crippen LogP contribution in [-0.2, 0) is 59.4 Å². The second kappa shape index (κ2) is 19.3. The Labute approximate surface area is 208 Å². The summed E-state index contributed by atoms with van der Waals surface area (Å²) in [5.74, 6) is -0.338. The van der Waals surface area contributed by atoms with Crippen LogP contribution >= 0.6 is 0 Å². The van der Waals surface area contributed by atoms with Crippen molar-refractivity contribution in [2.45, 2.75) is 40.7 Å². The molecule has 3 aliphatic rings. The average molecular weight is 629 g/mol. The maximum atomic E-state index is 11.0. The van der Waals surface area contributed by atoms with Crippen LogP contribution in [0.5, 0.6) is 0 Å². The fraction of sp³-hybridized carbons (Fsp3) is 0.636. The van der Waals surface area contributed by atoms with Crippen molar-refractivity contribution in [3.63, 3.8) is 0 Å². The Hall–Kier alpha value is -1.22. The average Bonchev–Trinajstić information content (AvgIpc) is 3.38. The summed E-state index contributed by atoms with van der Waals surface area (Å²) in [6.07, 6.45) is 1.41. The summed E-state index contributed by atoms with van der Waals surface area (Å²) in [6.45, 7) is 15.0. The van der Waals surface area contributed by atoms with Crippen LogP contribution in [0.3, 0.4) is 0 Å². The summed E-state index contributed by atoms with van der Waals surface area (Å²) in [7, 11) is 6.13.